The van der Waals surface area contributed by atoms with Crippen molar-refractivity contribution < 1.29 is 27.1 Å². The Kier molecular flexibility index (Phi) is 6.27. The number of anilines is 2. The minimum Gasteiger partial charge on any atom is -0.486 e. The van der Waals surface area contributed by atoms with Crippen LogP contribution in [0.25, 0.3) is 0 Å². The van der Waals surface area contributed by atoms with Crippen molar-refractivity contribution in [2.75, 3.05) is 44.7 Å². The number of ether oxygens (including phenoxy) is 2. The van der Waals surface area contributed by atoms with Gasteiger partial charge in [0.25, 0.3) is 5.91 Å². The molecule has 5 rings (SSSR count). The van der Waals surface area contributed by atoms with Crippen molar-refractivity contribution in [1.82, 2.24) is 14.2 Å². The van der Waals surface area contributed by atoms with E-state index in [2.05, 4.69) is 10.3 Å². The van der Waals surface area contributed by atoms with E-state index in [9.17, 15) is 17.6 Å². The fourth-order valence-corrected chi connectivity index (χ4v) is 5.45. The molecule has 1 saturated heterocycles. The summed E-state index contributed by atoms with van der Waals surface area (Å²) < 4.78 is 52.3. The van der Waals surface area contributed by atoms with Gasteiger partial charge in [-0.3, -0.25) is 4.79 Å². The SMILES string of the molecule is O=C(c1cccnc1Nc1cccc(F)c1)N1CCN(S(=O)(=O)c2ccc3c(c2)OCCO3)CC1. The minimum atomic E-state index is -3.76. The Morgan fingerprint density at radius 3 is 2.49 bits per heavy atom. The number of sulfonamides is 1. The summed E-state index contributed by atoms with van der Waals surface area (Å²) in [6.45, 7) is 1.52. The van der Waals surface area contributed by atoms with E-state index in [-0.39, 0.29) is 37.0 Å². The van der Waals surface area contributed by atoms with Gasteiger partial charge in [-0.15, -0.1) is 0 Å². The molecule has 1 N–H and O–H groups in total. The number of piperazine rings is 1. The van der Waals surface area contributed by atoms with Crippen LogP contribution >= 0.6 is 0 Å². The summed E-state index contributed by atoms with van der Waals surface area (Å²) in [6.07, 6.45) is 1.54. The van der Waals surface area contributed by atoms with Gasteiger partial charge in [0.2, 0.25) is 10.0 Å². The molecule has 3 heterocycles. The fourth-order valence-electron chi connectivity index (χ4n) is 4.02. The monoisotopic (exact) mass is 498 g/mol. The van der Waals surface area contributed by atoms with Crippen LogP contribution in [0.15, 0.2) is 65.7 Å². The number of benzene rings is 2. The molecule has 0 radical (unpaired) electrons. The third-order valence-electron chi connectivity index (χ3n) is 5.80. The number of halogens is 1. The Balaban J connectivity index is 1.28. The number of hydrogen-bond donors (Lipinski definition) is 1. The first kappa shape index (κ1) is 23.1. The Morgan fingerprint density at radius 2 is 1.71 bits per heavy atom. The van der Waals surface area contributed by atoms with Gasteiger partial charge in [-0.25, -0.2) is 17.8 Å². The maximum Gasteiger partial charge on any atom is 0.257 e. The predicted molar refractivity (Wildman–Crippen MR) is 126 cm³/mol. The third kappa shape index (κ3) is 4.77. The number of carbonyl (C=O) groups excluding carboxylic acids is 1. The van der Waals surface area contributed by atoms with Gasteiger partial charge in [0, 0.05) is 44.1 Å². The van der Waals surface area contributed by atoms with Crippen LogP contribution in [0.4, 0.5) is 15.9 Å². The smallest absolute Gasteiger partial charge is 0.257 e. The molecule has 9 nitrogen and oxygen atoms in total. The van der Waals surface area contributed by atoms with Crippen molar-refractivity contribution in [3.05, 3.63) is 72.2 Å². The first-order valence-electron chi connectivity index (χ1n) is 11.1. The Bertz CT molecular complexity index is 1360. The summed E-state index contributed by atoms with van der Waals surface area (Å²) in [7, 11) is -3.76. The van der Waals surface area contributed by atoms with Gasteiger partial charge in [0.15, 0.2) is 11.5 Å². The van der Waals surface area contributed by atoms with Crippen LogP contribution in [-0.2, 0) is 10.0 Å². The van der Waals surface area contributed by atoms with Crippen molar-refractivity contribution in [3.63, 3.8) is 0 Å². The highest BCUT2D eigenvalue weighted by Gasteiger charge is 2.32. The molecule has 0 atom stereocenters. The van der Waals surface area contributed by atoms with Crippen molar-refractivity contribution in [1.29, 1.82) is 0 Å². The summed E-state index contributed by atoms with van der Waals surface area (Å²) in [5.41, 5.74) is 0.785. The van der Waals surface area contributed by atoms with Crippen LogP contribution in [0.2, 0.25) is 0 Å². The average molecular weight is 499 g/mol. The van der Waals surface area contributed by atoms with Gasteiger partial charge < -0.3 is 19.7 Å². The molecule has 0 spiro atoms. The van der Waals surface area contributed by atoms with Crippen LogP contribution in [0.1, 0.15) is 10.4 Å². The van der Waals surface area contributed by atoms with Crippen LogP contribution in [0.3, 0.4) is 0 Å². The molecule has 0 unspecified atom stereocenters. The second-order valence-corrected chi connectivity index (χ2v) is 9.97. The van der Waals surface area contributed by atoms with Gasteiger partial charge in [0.1, 0.15) is 24.8 Å². The second kappa shape index (κ2) is 9.51. The number of pyridine rings is 1. The normalized spacial score (nSPS) is 16.1. The number of aromatic nitrogens is 1. The summed E-state index contributed by atoms with van der Waals surface area (Å²) in [5.74, 6) is 0.530. The highest BCUT2D eigenvalue weighted by molar-refractivity contribution is 7.89. The lowest BCUT2D eigenvalue weighted by Gasteiger charge is -2.34. The van der Waals surface area contributed by atoms with E-state index in [0.29, 0.717) is 41.8 Å². The standard InChI is InChI=1S/C24H23FN4O5S/c25-17-3-1-4-18(15-17)27-23-20(5-2-8-26-23)24(30)28-9-11-29(12-10-28)35(31,32)19-6-7-21-22(16-19)34-14-13-33-21/h1-8,15-16H,9-14H2,(H,26,27). The molecule has 1 aromatic heterocycles. The third-order valence-corrected chi connectivity index (χ3v) is 7.70. The zero-order valence-corrected chi connectivity index (χ0v) is 19.5. The van der Waals surface area contributed by atoms with Crippen molar-refractivity contribution in [3.8, 4) is 11.5 Å². The number of fused-ring (bicyclic) bond motifs is 1. The molecule has 3 aromatic rings. The second-order valence-electron chi connectivity index (χ2n) is 8.04. The average Bonchev–Trinajstić information content (AvgIpc) is 2.88. The van der Waals surface area contributed by atoms with Crippen molar-refractivity contribution >= 4 is 27.4 Å². The molecule has 2 aliphatic heterocycles. The number of nitrogens with zero attached hydrogens (tertiary/aromatic N) is 3. The van der Waals surface area contributed by atoms with E-state index in [1.54, 1.807) is 35.2 Å². The van der Waals surface area contributed by atoms with Crippen LogP contribution in [0, 0.1) is 5.82 Å². The molecule has 11 heteroatoms. The van der Waals surface area contributed by atoms with E-state index in [0.717, 1.165) is 0 Å². The van der Waals surface area contributed by atoms with Gasteiger partial charge >= 0.3 is 0 Å². The number of hydrogen-bond acceptors (Lipinski definition) is 7. The van der Waals surface area contributed by atoms with Gasteiger partial charge in [0.05, 0.1) is 10.5 Å². The quantitative estimate of drug-likeness (QED) is 0.577. The summed E-state index contributed by atoms with van der Waals surface area (Å²) >= 11 is 0. The molecule has 2 aromatic carbocycles. The number of amides is 1. The molecule has 1 amide bonds. The molecule has 0 saturated carbocycles. The first-order valence-corrected chi connectivity index (χ1v) is 12.5. The molecule has 2 aliphatic rings. The lowest BCUT2D eigenvalue weighted by molar-refractivity contribution is 0.0698. The number of rotatable bonds is 5. The minimum absolute atomic E-state index is 0.121. The zero-order valence-electron chi connectivity index (χ0n) is 18.7. The van der Waals surface area contributed by atoms with E-state index in [1.165, 1.54) is 34.8 Å². The Hall–Kier alpha value is -3.70. The zero-order chi connectivity index (χ0) is 24.4. The number of nitrogens with one attached hydrogen (secondary N) is 1. The molecular weight excluding hydrogens is 475 g/mol. The highest BCUT2D eigenvalue weighted by atomic mass is 32.2. The lowest BCUT2D eigenvalue weighted by atomic mass is 10.2. The van der Waals surface area contributed by atoms with Gasteiger partial charge in [-0.2, -0.15) is 4.31 Å². The van der Waals surface area contributed by atoms with Crippen LogP contribution in [0.5, 0.6) is 11.5 Å². The number of carbonyl (C=O) groups is 1. The predicted octanol–water partition coefficient (Wildman–Crippen LogP) is 2.88. The van der Waals surface area contributed by atoms with Crippen LogP contribution in [-0.4, -0.2) is 67.9 Å². The summed E-state index contributed by atoms with van der Waals surface area (Å²) in [4.78, 5) is 19.2. The molecule has 0 bridgehead atoms. The molecule has 182 valence electrons. The van der Waals surface area contributed by atoms with Gasteiger partial charge in [-0.1, -0.05) is 6.07 Å². The van der Waals surface area contributed by atoms with E-state index in [1.807, 2.05) is 0 Å². The Labute approximate surface area is 202 Å². The summed E-state index contributed by atoms with van der Waals surface area (Å²) in [5, 5.41) is 2.99. The van der Waals surface area contributed by atoms with Crippen molar-refractivity contribution in [2.24, 2.45) is 0 Å². The summed E-state index contributed by atoms with van der Waals surface area (Å²) in [6, 6.07) is 13.7. The van der Waals surface area contributed by atoms with E-state index >= 15 is 0 Å². The van der Waals surface area contributed by atoms with Gasteiger partial charge in [-0.05, 0) is 42.5 Å². The molecule has 1 fully saturated rings. The fraction of sp³-hybridized carbons (Fsp3) is 0.250. The topological polar surface area (TPSA) is 101 Å². The van der Waals surface area contributed by atoms with E-state index < -0.39 is 15.8 Å². The largest absolute Gasteiger partial charge is 0.486 e. The molecule has 35 heavy (non-hydrogen) atoms. The first-order chi connectivity index (χ1) is 16.9. The molecule has 0 aliphatic carbocycles. The molecular formula is C24H23FN4O5S. The highest BCUT2D eigenvalue weighted by Crippen LogP contribution is 2.33. The van der Waals surface area contributed by atoms with E-state index in [4.69, 9.17) is 9.47 Å². The van der Waals surface area contributed by atoms with Crippen LogP contribution < -0.4 is 14.8 Å². The lowest BCUT2D eigenvalue weighted by Crippen LogP contribution is -2.50. The maximum absolute atomic E-state index is 13.6. The Morgan fingerprint density at radius 1 is 0.943 bits per heavy atom. The van der Waals surface area contributed by atoms with Crippen molar-refractivity contribution in [2.45, 2.75) is 4.90 Å². The maximum atomic E-state index is 13.6.